The summed E-state index contributed by atoms with van der Waals surface area (Å²) in [5, 5.41) is 15.2. The van der Waals surface area contributed by atoms with Crippen LogP contribution in [0.3, 0.4) is 0 Å². The summed E-state index contributed by atoms with van der Waals surface area (Å²) in [7, 11) is 0. The van der Waals surface area contributed by atoms with Crippen molar-refractivity contribution in [1.29, 1.82) is 0 Å². The van der Waals surface area contributed by atoms with Gasteiger partial charge in [0.15, 0.2) is 5.69 Å². The SMILES string of the molecule is O=C(NCCn1cc(Cl)cn1)c1cn(-c2ccccc2)nn1. The number of aromatic nitrogens is 5. The second kappa shape index (κ2) is 6.40. The Hall–Kier alpha value is -2.67. The highest BCUT2D eigenvalue weighted by molar-refractivity contribution is 6.30. The number of carbonyl (C=O) groups is 1. The highest BCUT2D eigenvalue weighted by atomic mass is 35.5. The van der Waals surface area contributed by atoms with E-state index in [1.54, 1.807) is 28.0 Å². The average Bonchev–Trinajstić information content (AvgIpc) is 3.17. The Balaban J connectivity index is 1.58. The van der Waals surface area contributed by atoms with Crippen LogP contribution in [0.15, 0.2) is 48.9 Å². The Kier molecular flexibility index (Phi) is 4.15. The molecule has 22 heavy (non-hydrogen) atoms. The third kappa shape index (κ3) is 3.32. The van der Waals surface area contributed by atoms with Gasteiger partial charge in [-0.1, -0.05) is 35.0 Å². The van der Waals surface area contributed by atoms with Gasteiger partial charge in [-0.2, -0.15) is 5.10 Å². The number of nitrogens with zero attached hydrogens (tertiary/aromatic N) is 5. The standard InChI is InChI=1S/C14H13ClN6O/c15-11-8-17-20(9-11)7-6-16-14(22)13-10-21(19-18-13)12-4-2-1-3-5-12/h1-5,8-10H,6-7H2,(H,16,22). The molecule has 1 aromatic carbocycles. The molecule has 0 spiro atoms. The molecule has 0 atom stereocenters. The second-order valence-corrected chi connectivity index (χ2v) is 5.00. The maximum absolute atomic E-state index is 12.0. The molecular weight excluding hydrogens is 304 g/mol. The van der Waals surface area contributed by atoms with Crippen LogP contribution in [-0.4, -0.2) is 37.2 Å². The molecule has 0 aliphatic carbocycles. The normalized spacial score (nSPS) is 10.6. The van der Waals surface area contributed by atoms with Crippen LogP contribution in [0.25, 0.3) is 5.69 Å². The van der Waals surface area contributed by atoms with Crippen molar-refractivity contribution < 1.29 is 4.79 Å². The largest absolute Gasteiger partial charge is 0.349 e. The first-order valence-corrected chi connectivity index (χ1v) is 7.04. The minimum absolute atomic E-state index is 0.266. The van der Waals surface area contributed by atoms with Crippen LogP contribution in [0.4, 0.5) is 0 Å². The van der Waals surface area contributed by atoms with Crippen molar-refractivity contribution in [2.24, 2.45) is 0 Å². The summed E-state index contributed by atoms with van der Waals surface area (Å²) >= 11 is 5.77. The van der Waals surface area contributed by atoms with E-state index in [1.807, 2.05) is 30.3 Å². The fourth-order valence-electron chi connectivity index (χ4n) is 1.91. The number of nitrogens with one attached hydrogen (secondary N) is 1. The van der Waals surface area contributed by atoms with Gasteiger partial charge in [-0.25, -0.2) is 4.68 Å². The molecule has 0 bridgehead atoms. The van der Waals surface area contributed by atoms with Gasteiger partial charge in [0.25, 0.3) is 5.91 Å². The topological polar surface area (TPSA) is 77.6 Å². The van der Waals surface area contributed by atoms with E-state index in [0.29, 0.717) is 18.1 Å². The Morgan fingerprint density at radius 2 is 2.05 bits per heavy atom. The number of amides is 1. The van der Waals surface area contributed by atoms with Crippen molar-refractivity contribution in [2.75, 3.05) is 6.54 Å². The van der Waals surface area contributed by atoms with E-state index in [4.69, 9.17) is 11.6 Å². The summed E-state index contributed by atoms with van der Waals surface area (Å²) in [5.74, 6) is -0.277. The first-order chi connectivity index (χ1) is 10.7. The summed E-state index contributed by atoms with van der Waals surface area (Å²) in [6.45, 7) is 0.959. The molecule has 3 rings (SSSR count). The monoisotopic (exact) mass is 316 g/mol. The maximum Gasteiger partial charge on any atom is 0.273 e. The van der Waals surface area contributed by atoms with E-state index in [0.717, 1.165) is 5.69 Å². The maximum atomic E-state index is 12.0. The molecule has 0 aliphatic rings. The van der Waals surface area contributed by atoms with Crippen molar-refractivity contribution >= 4 is 17.5 Å². The van der Waals surface area contributed by atoms with Crippen LogP contribution in [-0.2, 0) is 6.54 Å². The van der Waals surface area contributed by atoms with E-state index < -0.39 is 0 Å². The molecule has 0 unspecified atom stereocenters. The molecule has 112 valence electrons. The summed E-state index contributed by atoms with van der Waals surface area (Å²) in [5.41, 5.74) is 1.11. The van der Waals surface area contributed by atoms with Crippen LogP contribution in [0.5, 0.6) is 0 Å². The van der Waals surface area contributed by atoms with Crippen LogP contribution in [0.1, 0.15) is 10.5 Å². The number of benzene rings is 1. The number of rotatable bonds is 5. The lowest BCUT2D eigenvalue weighted by molar-refractivity contribution is 0.0947. The third-order valence-corrected chi connectivity index (χ3v) is 3.17. The van der Waals surface area contributed by atoms with E-state index in [2.05, 4.69) is 20.7 Å². The lowest BCUT2D eigenvalue weighted by atomic mass is 10.3. The predicted octanol–water partition coefficient (Wildman–Crippen LogP) is 1.55. The smallest absolute Gasteiger partial charge is 0.273 e. The molecule has 8 heteroatoms. The molecule has 0 fully saturated rings. The van der Waals surface area contributed by atoms with Gasteiger partial charge in [-0.3, -0.25) is 9.48 Å². The van der Waals surface area contributed by atoms with Gasteiger partial charge < -0.3 is 5.32 Å². The Morgan fingerprint density at radius 1 is 1.23 bits per heavy atom. The van der Waals surface area contributed by atoms with Gasteiger partial charge in [0.05, 0.1) is 29.6 Å². The quantitative estimate of drug-likeness (QED) is 0.774. The van der Waals surface area contributed by atoms with E-state index >= 15 is 0 Å². The van der Waals surface area contributed by atoms with Gasteiger partial charge in [-0.15, -0.1) is 5.10 Å². The van der Waals surface area contributed by atoms with E-state index in [1.165, 1.54) is 0 Å². The fourth-order valence-corrected chi connectivity index (χ4v) is 2.07. The number of hydrogen-bond donors (Lipinski definition) is 1. The summed E-state index contributed by atoms with van der Waals surface area (Å²) < 4.78 is 3.21. The van der Waals surface area contributed by atoms with Gasteiger partial charge in [0.1, 0.15) is 0 Å². The van der Waals surface area contributed by atoms with Gasteiger partial charge in [0.2, 0.25) is 0 Å². The second-order valence-electron chi connectivity index (χ2n) is 4.56. The van der Waals surface area contributed by atoms with Gasteiger partial charge >= 0.3 is 0 Å². The zero-order valence-electron chi connectivity index (χ0n) is 11.6. The van der Waals surface area contributed by atoms with Crippen LogP contribution >= 0.6 is 11.6 Å². The van der Waals surface area contributed by atoms with Crippen molar-refractivity contribution in [3.63, 3.8) is 0 Å². The highest BCUT2D eigenvalue weighted by Crippen LogP contribution is 2.06. The molecule has 1 amide bonds. The number of hydrogen-bond acceptors (Lipinski definition) is 4. The molecule has 2 heterocycles. The van der Waals surface area contributed by atoms with Crippen LogP contribution in [0.2, 0.25) is 5.02 Å². The Bertz CT molecular complexity index is 767. The van der Waals surface area contributed by atoms with E-state index in [-0.39, 0.29) is 11.6 Å². The molecule has 7 nitrogen and oxygen atoms in total. The molecule has 0 aliphatic heterocycles. The number of carbonyl (C=O) groups excluding carboxylic acids is 1. The van der Waals surface area contributed by atoms with Crippen molar-refractivity contribution in [3.05, 3.63) is 59.6 Å². The van der Waals surface area contributed by atoms with Gasteiger partial charge in [0, 0.05) is 12.7 Å². The van der Waals surface area contributed by atoms with Crippen LogP contribution in [0, 0.1) is 0 Å². The lowest BCUT2D eigenvalue weighted by Crippen LogP contribution is -2.27. The molecule has 0 radical (unpaired) electrons. The van der Waals surface area contributed by atoms with Gasteiger partial charge in [-0.05, 0) is 12.1 Å². The molecule has 0 saturated carbocycles. The lowest BCUT2D eigenvalue weighted by Gasteiger charge is -2.02. The fraction of sp³-hybridized carbons (Fsp3) is 0.143. The van der Waals surface area contributed by atoms with E-state index in [9.17, 15) is 4.79 Å². The first kappa shape index (κ1) is 14.3. The predicted molar refractivity (Wildman–Crippen MR) is 80.9 cm³/mol. The van der Waals surface area contributed by atoms with Crippen molar-refractivity contribution in [3.8, 4) is 5.69 Å². The minimum atomic E-state index is -0.277. The molecular formula is C14H13ClN6O. The molecule has 3 aromatic rings. The zero-order valence-corrected chi connectivity index (χ0v) is 12.3. The molecule has 2 aromatic heterocycles. The Labute approximate surface area is 131 Å². The summed E-state index contributed by atoms with van der Waals surface area (Å²) in [6.07, 6.45) is 4.84. The Morgan fingerprint density at radius 3 is 2.77 bits per heavy atom. The number of halogens is 1. The molecule has 0 saturated heterocycles. The number of para-hydroxylation sites is 1. The zero-order chi connectivity index (χ0) is 15.4. The highest BCUT2D eigenvalue weighted by Gasteiger charge is 2.10. The first-order valence-electron chi connectivity index (χ1n) is 6.66. The van der Waals surface area contributed by atoms with Crippen molar-refractivity contribution in [1.82, 2.24) is 30.1 Å². The molecule has 1 N–H and O–H groups in total. The average molecular weight is 317 g/mol. The van der Waals surface area contributed by atoms with Crippen LogP contribution < -0.4 is 5.32 Å². The third-order valence-electron chi connectivity index (χ3n) is 2.97. The summed E-state index contributed by atoms with van der Waals surface area (Å²) in [4.78, 5) is 12.0. The minimum Gasteiger partial charge on any atom is -0.349 e. The summed E-state index contributed by atoms with van der Waals surface area (Å²) in [6, 6.07) is 9.48. The van der Waals surface area contributed by atoms with Crippen molar-refractivity contribution in [2.45, 2.75) is 6.54 Å².